The van der Waals surface area contributed by atoms with Crippen molar-refractivity contribution in [1.82, 2.24) is 5.32 Å². The average Bonchev–Trinajstić information content (AvgIpc) is 2.20. The van der Waals surface area contributed by atoms with Crippen molar-refractivity contribution in [1.29, 1.82) is 0 Å². The van der Waals surface area contributed by atoms with E-state index in [0.29, 0.717) is 0 Å². The van der Waals surface area contributed by atoms with E-state index in [4.69, 9.17) is 10.8 Å². The zero-order valence-electron chi connectivity index (χ0n) is 9.14. The Kier molecular flexibility index (Phi) is 4.25. The molecule has 16 heavy (non-hydrogen) atoms. The predicted molar refractivity (Wildman–Crippen MR) is 59.7 cm³/mol. The quantitative estimate of drug-likeness (QED) is 0.637. The van der Waals surface area contributed by atoms with Crippen molar-refractivity contribution in [2.24, 2.45) is 5.73 Å². The second-order valence-electron chi connectivity index (χ2n) is 3.81. The van der Waals surface area contributed by atoms with Gasteiger partial charge in [0, 0.05) is 13.0 Å². The van der Waals surface area contributed by atoms with Gasteiger partial charge < -0.3 is 16.2 Å². The van der Waals surface area contributed by atoms with Crippen LogP contribution in [0.5, 0.6) is 0 Å². The topological polar surface area (TPSA) is 92.4 Å². The van der Waals surface area contributed by atoms with Crippen molar-refractivity contribution in [2.45, 2.75) is 31.8 Å². The third kappa shape index (κ3) is 3.86. The molecule has 5 heteroatoms. The summed E-state index contributed by atoms with van der Waals surface area (Å²) in [5.74, 6) is -1.10. The lowest BCUT2D eigenvalue weighted by Crippen LogP contribution is -2.33. The molecule has 0 aromatic heterocycles. The molecule has 1 rings (SSSR count). The van der Waals surface area contributed by atoms with Crippen LogP contribution in [0.3, 0.4) is 0 Å². The SMILES string of the molecule is CC(=O)N[C@H]1C=CC(=CC(N)C(=O)O)CC1. The summed E-state index contributed by atoms with van der Waals surface area (Å²) in [6, 6.07) is -0.923. The highest BCUT2D eigenvalue weighted by Crippen LogP contribution is 2.17. The Morgan fingerprint density at radius 2 is 2.38 bits per heavy atom. The number of aliphatic carboxylic acids is 1. The van der Waals surface area contributed by atoms with E-state index in [0.717, 1.165) is 18.4 Å². The van der Waals surface area contributed by atoms with Gasteiger partial charge in [-0.2, -0.15) is 0 Å². The minimum atomic E-state index is -1.04. The number of nitrogens with one attached hydrogen (secondary N) is 1. The van der Waals surface area contributed by atoms with Gasteiger partial charge in [0.1, 0.15) is 6.04 Å². The van der Waals surface area contributed by atoms with Crippen LogP contribution in [0.2, 0.25) is 0 Å². The summed E-state index contributed by atoms with van der Waals surface area (Å²) in [5.41, 5.74) is 6.28. The minimum Gasteiger partial charge on any atom is -0.480 e. The fraction of sp³-hybridized carbons (Fsp3) is 0.455. The van der Waals surface area contributed by atoms with Crippen LogP contribution in [0.25, 0.3) is 0 Å². The number of carbonyl (C=O) groups is 2. The van der Waals surface area contributed by atoms with Crippen LogP contribution in [-0.2, 0) is 9.59 Å². The molecule has 0 saturated carbocycles. The number of amides is 1. The molecule has 4 N–H and O–H groups in total. The molecule has 2 atom stereocenters. The molecule has 1 unspecified atom stereocenters. The molecule has 1 amide bonds. The number of rotatable bonds is 3. The smallest absolute Gasteiger partial charge is 0.324 e. The van der Waals surface area contributed by atoms with Crippen LogP contribution < -0.4 is 11.1 Å². The summed E-state index contributed by atoms with van der Waals surface area (Å²) in [7, 11) is 0. The molecule has 1 aliphatic rings. The number of hydrogen-bond acceptors (Lipinski definition) is 3. The first-order valence-corrected chi connectivity index (χ1v) is 5.13. The Hall–Kier alpha value is -1.62. The van der Waals surface area contributed by atoms with Crippen molar-refractivity contribution in [3.05, 3.63) is 23.8 Å². The van der Waals surface area contributed by atoms with E-state index in [2.05, 4.69) is 5.32 Å². The van der Waals surface area contributed by atoms with Gasteiger partial charge >= 0.3 is 5.97 Å². The lowest BCUT2D eigenvalue weighted by Gasteiger charge is -2.19. The van der Waals surface area contributed by atoms with E-state index in [1.165, 1.54) is 13.0 Å². The summed E-state index contributed by atoms with van der Waals surface area (Å²) < 4.78 is 0. The standard InChI is InChI=1S/C11H16N2O3/c1-7(14)13-9-4-2-8(3-5-9)6-10(12)11(15)16/h2,4,6,9-10H,3,5,12H2,1H3,(H,13,14)(H,15,16)/t9-,10?/m0/s1. The molecule has 0 fully saturated rings. The predicted octanol–water partition coefficient (Wildman–Crippen LogP) is 0.179. The molecular formula is C11H16N2O3. The number of carboxylic acids is 1. The summed E-state index contributed by atoms with van der Waals surface area (Å²) in [6.45, 7) is 1.47. The molecule has 0 aromatic rings. The third-order valence-corrected chi connectivity index (χ3v) is 2.35. The molecular weight excluding hydrogens is 208 g/mol. The van der Waals surface area contributed by atoms with Crippen LogP contribution in [0.15, 0.2) is 23.8 Å². The second kappa shape index (κ2) is 5.46. The molecule has 1 aliphatic carbocycles. The van der Waals surface area contributed by atoms with Gasteiger partial charge in [0.15, 0.2) is 0 Å². The zero-order chi connectivity index (χ0) is 12.1. The van der Waals surface area contributed by atoms with E-state index in [9.17, 15) is 9.59 Å². The fourth-order valence-corrected chi connectivity index (χ4v) is 1.56. The van der Waals surface area contributed by atoms with Gasteiger partial charge in [-0.1, -0.05) is 23.8 Å². The van der Waals surface area contributed by atoms with Crippen molar-refractivity contribution in [3.63, 3.8) is 0 Å². The summed E-state index contributed by atoms with van der Waals surface area (Å²) in [6.07, 6.45) is 6.69. The first-order chi connectivity index (χ1) is 7.49. The number of carboxylic acid groups (broad SMARTS) is 1. The maximum atomic E-state index is 10.8. The van der Waals surface area contributed by atoms with E-state index in [1.54, 1.807) is 0 Å². The Bertz CT molecular complexity index is 347. The summed E-state index contributed by atoms with van der Waals surface area (Å²) in [5, 5.41) is 11.4. The number of hydrogen-bond donors (Lipinski definition) is 3. The number of nitrogens with two attached hydrogens (primary N) is 1. The van der Waals surface area contributed by atoms with Gasteiger partial charge in [0.25, 0.3) is 0 Å². The average molecular weight is 224 g/mol. The summed E-state index contributed by atoms with van der Waals surface area (Å²) >= 11 is 0. The lowest BCUT2D eigenvalue weighted by atomic mass is 9.96. The molecule has 0 bridgehead atoms. The number of allylic oxidation sites excluding steroid dienone is 2. The van der Waals surface area contributed by atoms with Crippen molar-refractivity contribution >= 4 is 11.9 Å². The lowest BCUT2D eigenvalue weighted by molar-refractivity contribution is -0.137. The van der Waals surface area contributed by atoms with Crippen molar-refractivity contribution in [3.8, 4) is 0 Å². The van der Waals surface area contributed by atoms with Crippen LogP contribution in [0.4, 0.5) is 0 Å². The maximum absolute atomic E-state index is 10.8. The third-order valence-electron chi connectivity index (χ3n) is 2.35. The van der Waals surface area contributed by atoms with Crippen molar-refractivity contribution in [2.75, 3.05) is 0 Å². The van der Waals surface area contributed by atoms with Crippen molar-refractivity contribution < 1.29 is 14.7 Å². The highest BCUT2D eigenvalue weighted by molar-refractivity contribution is 5.76. The molecule has 0 heterocycles. The van der Waals surface area contributed by atoms with E-state index < -0.39 is 12.0 Å². The van der Waals surface area contributed by atoms with E-state index in [1.807, 2.05) is 12.2 Å². The monoisotopic (exact) mass is 224 g/mol. The highest BCUT2D eigenvalue weighted by Gasteiger charge is 2.14. The number of carbonyl (C=O) groups excluding carboxylic acids is 1. The molecule has 0 aromatic carbocycles. The van der Waals surface area contributed by atoms with Gasteiger partial charge in [-0.25, -0.2) is 0 Å². The van der Waals surface area contributed by atoms with Gasteiger partial charge in [-0.05, 0) is 12.8 Å². The van der Waals surface area contributed by atoms with Crippen LogP contribution in [0.1, 0.15) is 19.8 Å². The normalized spacial score (nSPS) is 24.1. The van der Waals surface area contributed by atoms with Crippen LogP contribution in [0, 0.1) is 0 Å². The molecule has 0 aliphatic heterocycles. The molecule has 88 valence electrons. The van der Waals surface area contributed by atoms with Gasteiger partial charge in [0.05, 0.1) is 0 Å². The van der Waals surface area contributed by atoms with Crippen LogP contribution in [-0.4, -0.2) is 29.1 Å². The largest absolute Gasteiger partial charge is 0.480 e. The fourth-order valence-electron chi connectivity index (χ4n) is 1.56. The van der Waals surface area contributed by atoms with Crippen LogP contribution >= 0.6 is 0 Å². The molecule has 0 spiro atoms. The summed E-state index contributed by atoms with van der Waals surface area (Å²) in [4.78, 5) is 21.3. The van der Waals surface area contributed by atoms with Gasteiger partial charge in [0.2, 0.25) is 5.91 Å². The highest BCUT2D eigenvalue weighted by atomic mass is 16.4. The second-order valence-corrected chi connectivity index (χ2v) is 3.81. The maximum Gasteiger partial charge on any atom is 0.324 e. The first-order valence-electron chi connectivity index (χ1n) is 5.13. The minimum absolute atomic E-state index is 0.0377. The first kappa shape index (κ1) is 12.4. The molecule has 0 saturated heterocycles. The van der Waals surface area contributed by atoms with Gasteiger partial charge in [-0.15, -0.1) is 0 Å². The van der Waals surface area contributed by atoms with Gasteiger partial charge in [-0.3, -0.25) is 9.59 Å². The molecule has 0 radical (unpaired) electrons. The Labute approximate surface area is 94.0 Å². The van der Waals surface area contributed by atoms with E-state index in [-0.39, 0.29) is 11.9 Å². The Morgan fingerprint density at radius 3 is 2.81 bits per heavy atom. The Morgan fingerprint density at radius 1 is 1.69 bits per heavy atom. The Balaban J connectivity index is 2.57. The zero-order valence-corrected chi connectivity index (χ0v) is 9.14. The molecule has 5 nitrogen and oxygen atoms in total. The van der Waals surface area contributed by atoms with E-state index >= 15 is 0 Å².